The van der Waals surface area contributed by atoms with Crippen LogP contribution in [0, 0.1) is 0 Å². The number of nitrogens with one attached hydrogen (secondary N) is 1. The van der Waals surface area contributed by atoms with Crippen molar-refractivity contribution >= 4 is 35.5 Å². The minimum absolute atomic E-state index is 0.143. The average Bonchev–Trinajstić information content (AvgIpc) is 2.81. The first-order chi connectivity index (χ1) is 15.6. The van der Waals surface area contributed by atoms with Crippen molar-refractivity contribution in [1.82, 2.24) is 5.43 Å². The Hall–Kier alpha value is -2.96. The molecule has 1 amide bonds. The van der Waals surface area contributed by atoms with Crippen molar-refractivity contribution < 1.29 is 14.3 Å². The van der Waals surface area contributed by atoms with Gasteiger partial charge in [-0.2, -0.15) is 5.10 Å². The highest BCUT2D eigenvalue weighted by Crippen LogP contribution is 2.29. The van der Waals surface area contributed by atoms with E-state index >= 15 is 0 Å². The van der Waals surface area contributed by atoms with Crippen molar-refractivity contribution in [2.75, 3.05) is 12.4 Å². The van der Waals surface area contributed by atoms with Crippen molar-refractivity contribution in [3.63, 3.8) is 0 Å². The third kappa shape index (κ3) is 7.94. The van der Waals surface area contributed by atoms with Gasteiger partial charge in [0, 0.05) is 22.1 Å². The largest absolute Gasteiger partial charge is 0.490 e. The second-order valence-electron chi connectivity index (χ2n) is 6.76. The second-order valence-corrected chi connectivity index (χ2v) is 8.36. The van der Waals surface area contributed by atoms with Gasteiger partial charge in [0.05, 0.1) is 12.8 Å². The van der Waals surface area contributed by atoms with Crippen molar-refractivity contribution in [2.45, 2.75) is 24.8 Å². The van der Waals surface area contributed by atoms with Crippen LogP contribution in [0.15, 0.2) is 82.8 Å². The molecule has 3 aromatic rings. The zero-order valence-corrected chi connectivity index (χ0v) is 19.4. The summed E-state index contributed by atoms with van der Waals surface area (Å²) in [6, 6.07) is 23.1. The Morgan fingerprint density at radius 1 is 1.03 bits per heavy atom. The third-order valence-corrected chi connectivity index (χ3v) is 5.58. The summed E-state index contributed by atoms with van der Waals surface area (Å²) in [5.74, 6) is 1.81. The summed E-state index contributed by atoms with van der Waals surface area (Å²) in [4.78, 5) is 13.1. The first-order valence-electron chi connectivity index (χ1n) is 10.3. The molecule has 7 heteroatoms. The molecule has 0 radical (unpaired) electrons. The fourth-order valence-corrected chi connectivity index (χ4v) is 3.73. The molecule has 0 saturated heterocycles. The van der Waals surface area contributed by atoms with E-state index in [0.717, 1.165) is 16.0 Å². The molecule has 3 aromatic carbocycles. The zero-order chi connectivity index (χ0) is 22.6. The fourth-order valence-electron chi connectivity index (χ4n) is 2.75. The number of hydrogen-bond donors (Lipinski definition) is 1. The van der Waals surface area contributed by atoms with E-state index in [1.54, 1.807) is 18.0 Å². The van der Waals surface area contributed by atoms with E-state index in [1.807, 2.05) is 79.7 Å². The Balaban J connectivity index is 1.49. The van der Waals surface area contributed by atoms with Crippen LogP contribution >= 0.6 is 23.4 Å². The van der Waals surface area contributed by atoms with Gasteiger partial charge in [0.2, 0.25) is 5.91 Å². The van der Waals surface area contributed by atoms with Crippen LogP contribution < -0.4 is 14.9 Å². The lowest BCUT2D eigenvalue weighted by Crippen LogP contribution is -2.17. The minimum Gasteiger partial charge on any atom is -0.490 e. The Bertz CT molecular complexity index is 1030. The van der Waals surface area contributed by atoms with E-state index in [1.165, 1.54) is 0 Å². The Morgan fingerprint density at radius 3 is 2.56 bits per heavy atom. The fraction of sp³-hybridized carbons (Fsp3) is 0.200. The highest BCUT2D eigenvalue weighted by Gasteiger charge is 2.07. The molecule has 1 N–H and O–H groups in total. The first-order valence-corrected chi connectivity index (χ1v) is 11.6. The molecule has 0 saturated carbocycles. The van der Waals surface area contributed by atoms with Crippen molar-refractivity contribution in [1.29, 1.82) is 0 Å². The van der Waals surface area contributed by atoms with Gasteiger partial charge in [0.15, 0.2) is 11.5 Å². The Labute approximate surface area is 197 Å². The molecule has 0 spiro atoms. The van der Waals surface area contributed by atoms with Gasteiger partial charge >= 0.3 is 0 Å². The van der Waals surface area contributed by atoms with Gasteiger partial charge in [-0.15, -0.1) is 11.8 Å². The van der Waals surface area contributed by atoms with E-state index in [4.69, 9.17) is 21.1 Å². The van der Waals surface area contributed by atoms with Crippen LogP contribution in [-0.4, -0.2) is 24.5 Å². The van der Waals surface area contributed by atoms with E-state index in [-0.39, 0.29) is 5.91 Å². The van der Waals surface area contributed by atoms with Crippen LogP contribution in [0.3, 0.4) is 0 Å². The quantitative estimate of drug-likeness (QED) is 0.214. The van der Waals surface area contributed by atoms with Gasteiger partial charge in [-0.05, 0) is 60.5 Å². The number of rotatable bonds is 11. The van der Waals surface area contributed by atoms with Gasteiger partial charge < -0.3 is 9.47 Å². The molecule has 0 unspecified atom stereocenters. The maximum atomic E-state index is 12.0. The molecule has 0 aliphatic heterocycles. The number of benzene rings is 3. The van der Waals surface area contributed by atoms with Gasteiger partial charge in [-0.3, -0.25) is 4.79 Å². The molecule has 0 aromatic heterocycles. The first kappa shape index (κ1) is 23.7. The predicted octanol–water partition coefficient (Wildman–Crippen LogP) is 5.95. The lowest BCUT2D eigenvalue weighted by molar-refractivity contribution is -0.120. The topological polar surface area (TPSA) is 59.9 Å². The summed E-state index contributed by atoms with van der Waals surface area (Å²) in [5.41, 5.74) is 4.45. The molecule has 166 valence electrons. The van der Waals surface area contributed by atoms with Gasteiger partial charge in [-0.1, -0.05) is 41.9 Å². The van der Waals surface area contributed by atoms with E-state index in [0.29, 0.717) is 41.9 Å². The van der Waals surface area contributed by atoms with Crippen LogP contribution in [-0.2, 0) is 11.4 Å². The van der Waals surface area contributed by atoms with Crippen LogP contribution in [0.25, 0.3) is 0 Å². The van der Waals surface area contributed by atoms with Crippen molar-refractivity contribution in [3.8, 4) is 11.5 Å². The molecule has 5 nitrogen and oxygen atoms in total. The number of thioether (sulfide) groups is 1. The van der Waals surface area contributed by atoms with Crippen LogP contribution in [0.4, 0.5) is 0 Å². The summed E-state index contributed by atoms with van der Waals surface area (Å²) < 4.78 is 11.6. The molecule has 0 heterocycles. The highest BCUT2D eigenvalue weighted by molar-refractivity contribution is 7.99. The molecule has 0 aliphatic rings. The molecular weight excluding hydrogens is 444 g/mol. The standard InChI is InChI=1S/C25H25ClN2O3S/c1-2-30-24-16-20(8-13-23(24)31-18-19-6-4-3-5-7-19)17-27-28-25(29)14-15-32-22-11-9-21(26)10-12-22/h3-13,16-17H,2,14-15,18H2,1H3,(H,28,29). The molecule has 0 aliphatic carbocycles. The molecule has 0 atom stereocenters. The van der Waals surface area contributed by atoms with E-state index < -0.39 is 0 Å². The lowest BCUT2D eigenvalue weighted by Gasteiger charge is -2.12. The summed E-state index contributed by atoms with van der Waals surface area (Å²) in [5, 5.41) is 4.75. The number of amides is 1. The lowest BCUT2D eigenvalue weighted by atomic mass is 10.2. The minimum atomic E-state index is -0.143. The zero-order valence-electron chi connectivity index (χ0n) is 17.8. The molecule has 32 heavy (non-hydrogen) atoms. The second kappa shape index (κ2) is 12.8. The smallest absolute Gasteiger partial charge is 0.240 e. The van der Waals surface area contributed by atoms with Crippen molar-refractivity contribution in [3.05, 3.63) is 88.9 Å². The van der Waals surface area contributed by atoms with Gasteiger partial charge in [0.1, 0.15) is 6.61 Å². The number of carbonyl (C=O) groups is 1. The van der Waals surface area contributed by atoms with Gasteiger partial charge in [0.25, 0.3) is 0 Å². The molecular formula is C25H25ClN2O3S. The Morgan fingerprint density at radius 2 is 1.81 bits per heavy atom. The summed E-state index contributed by atoms with van der Waals surface area (Å²) in [6.45, 7) is 2.90. The number of carbonyl (C=O) groups excluding carboxylic acids is 1. The van der Waals surface area contributed by atoms with E-state index in [9.17, 15) is 4.79 Å². The summed E-state index contributed by atoms with van der Waals surface area (Å²) in [6.07, 6.45) is 1.95. The number of ether oxygens (including phenoxy) is 2. The highest BCUT2D eigenvalue weighted by atomic mass is 35.5. The van der Waals surface area contributed by atoms with Crippen LogP contribution in [0.5, 0.6) is 11.5 Å². The maximum absolute atomic E-state index is 12.0. The third-order valence-electron chi connectivity index (χ3n) is 4.32. The average molecular weight is 469 g/mol. The van der Waals surface area contributed by atoms with E-state index in [2.05, 4.69) is 10.5 Å². The maximum Gasteiger partial charge on any atom is 0.240 e. The number of hydrogen-bond acceptors (Lipinski definition) is 5. The Kier molecular flexibility index (Phi) is 9.47. The summed E-state index contributed by atoms with van der Waals surface area (Å²) in [7, 11) is 0. The van der Waals surface area contributed by atoms with Crippen LogP contribution in [0.1, 0.15) is 24.5 Å². The summed E-state index contributed by atoms with van der Waals surface area (Å²) >= 11 is 7.47. The molecule has 0 fully saturated rings. The number of nitrogens with zero attached hydrogens (tertiary/aromatic N) is 1. The van der Waals surface area contributed by atoms with Crippen LogP contribution in [0.2, 0.25) is 5.02 Å². The molecule has 3 rings (SSSR count). The normalized spacial score (nSPS) is 10.8. The molecule has 0 bridgehead atoms. The van der Waals surface area contributed by atoms with Gasteiger partial charge in [-0.25, -0.2) is 5.43 Å². The predicted molar refractivity (Wildman–Crippen MR) is 131 cm³/mol. The van der Waals surface area contributed by atoms with Crippen molar-refractivity contribution in [2.24, 2.45) is 5.10 Å². The number of hydrazone groups is 1. The monoisotopic (exact) mass is 468 g/mol. The SMILES string of the molecule is CCOc1cc(C=NNC(=O)CCSc2ccc(Cl)cc2)ccc1OCc1ccccc1. The number of halogens is 1.